The van der Waals surface area contributed by atoms with Crippen LogP contribution in [0.1, 0.15) is 52.0 Å². The summed E-state index contributed by atoms with van der Waals surface area (Å²) in [5, 5.41) is 15.2. The number of benzene rings is 2. The van der Waals surface area contributed by atoms with Gasteiger partial charge in [-0.1, -0.05) is 41.9 Å². The van der Waals surface area contributed by atoms with E-state index in [1.165, 1.54) is 15.8 Å². The highest BCUT2D eigenvalue weighted by Gasteiger charge is 2.31. The molecule has 0 radical (unpaired) electrons. The van der Waals surface area contributed by atoms with Crippen molar-refractivity contribution in [2.24, 2.45) is 16.1 Å². The maximum Gasteiger partial charge on any atom is 0.533 e. The second kappa shape index (κ2) is 10.7. The zero-order valence-corrected chi connectivity index (χ0v) is 23.7. The highest BCUT2D eigenvalue weighted by Crippen LogP contribution is 2.35. The number of ether oxygens (including phenoxy) is 2. The van der Waals surface area contributed by atoms with Crippen molar-refractivity contribution < 1.29 is 19.1 Å². The van der Waals surface area contributed by atoms with Gasteiger partial charge < -0.3 is 19.3 Å². The number of anilines is 1. The van der Waals surface area contributed by atoms with Crippen molar-refractivity contribution in [3.8, 4) is 5.75 Å². The Kier molecular flexibility index (Phi) is 7.04. The van der Waals surface area contributed by atoms with E-state index in [4.69, 9.17) is 25.9 Å². The molecule has 3 aliphatic rings. The number of hydrogen-bond donors (Lipinski definition) is 1. The summed E-state index contributed by atoms with van der Waals surface area (Å²) in [7, 11) is 0. The van der Waals surface area contributed by atoms with Crippen LogP contribution in [0.3, 0.4) is 0 Å². The van der Waals surface area contributed by atoms with Crippen molar-refractivity contribution in [1.82, 2.24) is 4.98 Å². The third-order valence-corrected chi connectivity index (χ3v) is 7.67. The number of rotatable bonds is 4. The third kappa shape index (κ3) is 5.59. The molecule has 0 spiro atoms. The minimum Gasteiger partial charge on any atom is -0.490 e. The van der Waals surface area contributed by atoms with Gasteiger partial charge in [0.05, 0.1) is 35.6 Å². The van der Waals surface area contributed by atoms with Crippen LogP contribution in [0.25, 0.3) is 22.5 Å². The molecule has 208 valence electrons. The van der Waals surface area contributed by atoms with E-state index in [0.717, 1.165) is 59.1 Å². The predicted molar refractivity (Wildman–Crippen MR) is 155 cm³/mol. The number of fused-ring (bicyclic) bond motifs is 4. The van der Waals surface area contributed by atoms with Crippen LogP contribution < -0.4 is 20.5 Å². The first-order valence-electron chi connectivity index (χ1n) is 13.8. The maximum absolute atomic E-state index is 12.5. The number of nitrogens with one attached hydrogen (secondary N) is 1. The molecule has 3 heterocycles. The highest BCUT2D eigenvalue weighted by molar-refractivity contribution is 6.34. The molecule has 3 aromatic rings. The fourth-order valence-electron chi connectivity index (χ4n) is 5.62. The Balaban J connectivity index is 1.23. The molecule has 1 saturated carbocycles. The normalized spacial score (nSPS) is 20.6. The van der Waals surface area contributed by atoms with Crippen LogP contribution in [-0.2, 0) is 16.1 Å². The zero-order valence-electron chi connectivity index (χ0n) is 22.9. The molecule has 0 atom stereocenters. The van der Waals surface area contributed by atoms with E-state index < -0.39 is 11.8 Å². The van der Waals surface area contributed by atoms with Crippen molar-refractivity contribution in [3.05, 3.63) is 69.8 Å². The summed E-state index contributed by atoms with van der Waals surface area (Å²) >= 11 is 6.44. The molecule has 1 fully saturated rings. The quantitative estimate of drug-likeness (QED) is 0.369. The van der Waals surface area contributed by atoms with Gasteiger partial charge in [0.2, 0.25) is 0 Å². The van der Waals surface area contributed by atoms with Crippen molar-refractivity contribution in [1.29, 1.82) is 0 Å². The van der Waals surface area contributed by atoms with E-state index in [1.807, 2.05) is 18.2 Å². The molecule has 2 aromatic carbocycles. The summed E-state index contributed by atoms with van der Waals surface area (Å²) in [6.45, 7) is 6.07. The molecular formula is C31H33ClN4O4. The number of halogens is 1. The zero-order chi connectivity index (χ0) is 27.9. The van der Waals surface area contributed by atoms with E-state index in [1.54, 1.807) is 26.8 Å². The first kappa shape index (κ1) is 26.4. The molecule has 1 N–H and O–H groups in total. The Bertz CT molecular complexity index is 1630. The lowest BCUT2D eigenvalue weighted by Crippen LogP contribution is -2.34. The molecule has 0 bridgehead atoms. The maximum atomic E-state index is 12.5. The molecule has 0 amide bonds. The molecule has 9 heteroatoms. The predicted octanol–water partition coefficient (Wildman–Crippen LogP) is 6.47. The van der Waals surface area contributed by atoms with Gasteiger partial charge >= 0.3 is 6.16 Å². The van der Waals surface area contributed by atoms with E-state index in [-0.39, 0.29) is 18.6 Å². The molecule has 1 aliphatic carbocycles. The van der Waals surface area contributed by atoms with E-state index in [0.29, 0.717) is 11.6 Å². The fraction of sp³-hybridized carbons (Fsp3) is 0.387. The monoisotopic (exact) mass is 560 g/mol. The largest absolute Gasteiger partial charge is 0.533 e. The number of azo groups is 1. The number of carbonyl (C=O) groups is 1. The Morgan fingerprint density at radius 2 is 1.85 bits per heavy atom. The Labute approximate surface area is 237 Å². The number of hydrogen-bond acceptors (Lipinski definition) is 7. The van der Waals surface area contributed by atoms with Gasteiger partial charge in [0.1, 0.15) is 17.0 Å². The van der Waals surface area contributed by atoms with Gasteiger partial charge in [-0.2, -0.15) is 15.3 Å². The van der Waals surface area contributed by atoms with Crippen LogP contribution in [0, 0.1) is 5.92 Å². The van der Waals surface area contributed by atoms with Gasteiger partial charge in [0, 0.05) is 16.5 Å². The number of allylic oxidation sites excluding steroid dienone is 1. The van der Waals surface area contributed by atoms with Gasteiger partial charge in [-0.15, -0.1) is 0 Å². The van der Waals surface area contributed by atoms with E-state index in [9.17, 15) is 4.79 Å². The molecule has 2 aliphatic heterocycles. The number of aromatic nitrogens is 1. The summed E-state index contributed by atoms with van der Waals surface area (Å²) in [6.07, 6.45) is 6.77. The lowest BCUT2D eigenvalue weighted by Gasteiger charge is -2.29. The van der Waals surface area contributed by atoms with Crippen molar-refractivity contribution in [2.45, 2.75) is 64.7 Å². The first-order chi connectivity index (χ1) is 19.2. The van der Waals surface area contributed by atoms with Crippen molar-refractivity contribution >= 4 is 46.0 Å². The van der Waals surface area contributed by atoms with Crippen LogP contribution >= 0.6 is 11.6 Å². The smallest absolute Gasteiger partial charge is 0.490 e. The number of H-pyrrole nitrogens is 1. The number of aromatic amines is 1. The summed E-state index contributed by atoms with van der Waals surface area (Å²) < 4.78 is 11.8. The molecular weight excluding hydrogens is 528 g/mol. The van der Waals surface area contributed by atoms with Crippen molar-refractivity contribution in [2.75, 3.05) is 11.6 Å². The number of nitrogens with zero attached hydrogens (tertiary/aromatic N) is 3. The SMILES string of the molecule is CC(C)(C)OC(=O)ON1CC=C(Cl)C=c2[nH]c3c(c21)CN=NC=3C1CCC(Oc2ccc3ccccc3c2)CC1. The second-order valence-electron chi connectivity index (χ2n) is 11.5. The van der Waals surface area contributed by atoms with Crippen LogP contribution in [0.5, 0.6) is 5.75 Å². The standard InChI is InChI=1S/C31H33ClN4O4/c1-31(2,3)39-30(37)40-36-15-14-22(32)17-26-29(36)25-18-33-35-27(28(25)34-26)20-9-11-23(12-10-20)38-24-13-8-19-6-4-5-7-21(19)16-24/h4-8,13-14,16-17,20,23,34H,9-12,15,18H2,1-3H3. The van der Waals surface area contributed by atoms with Gasteiger partial charge in [0.25, 0.3) is 0 Å². The lowest BCUT2D eigenvalue weighted by molar-refractivity contribution is -0.0116. The Hall–Kier alpha value is -3.78. The van der Waals surface area contributed by atoms with E-state index >= 15 is 0 Å². The summed E-state index contributed by atoms with van der Waals surface area (Å²) in [4.78, 5) is 21.7. The molecule has 6 rings (SSSR count). The van der Waals surface area contributed by atoms with Crippen LogP contribution in [0.15, 0.2) is 63.8 Å². The fourth-order valence-corrected chi connectivity index (χ4v) is 5.80. The molecule has 40 heavy (non-hydrogen) atoms. The average molecular weight is 561 g/mol. The second-order valence-corrected chi connectivity index (χ2v) is 11.9. The topological polar surface area (TPSA) is 88.5 Å². The minimum absolute atomic E-state index is 0.161. The third-order valence-electron chi connectivity index (χ3n) is 7.41. The summed E-state index contributed by atoms with van der Waals surface area (Å²) in [6, 6.07) is 14.6. The first-order valence-corrected chi connectivity index (χ1v) is 14.2. The van der Waals surface area contributed by atoms with Gasteiger partial charge in [-0.05, 0) is 81.5 Å². The summed E-state index contributed by atoms with van der Waals surface area (Å²) in [5.74, 6) is 1.15. The molecule has 1 aromatic heterocycles. The average Bonchev–Trinajstić information content (AvgIpc) is 3.20. The molecule has 0 saturated heterocycles. The van der Waals surface area contributed by atoms with Crippen LogP contribution in [0.2, 0.25) is 0 Å². The van der Waals surface area contributed by atoms with Gasteiger partial charge in [-0.25, -0.2) is 4.79 Å². The van der Waals surface area contributed by atoms with Gasteiger partial charge in [-0.3, -0.25) is 0 Å². The van der Waals surface area contributed by atoms with Crippen molar-refractivity contribution in [3.63, 3.8) is 0 Å². The lowest BCUT2D eigenvalue weighted by atomic mass is 9.84. The summed E-state index contributed by atoms with van der Waals surface area (Å²) in [5.41, 5.74) is 1.94. The van der Waals surface area contributed by atoms with Gasteiger partial charge in [0.15, 0.2) is 0 Å². The Morgan fingerprint density at radius 1 is 1.07 bits per heavy atom. The number of carbonyl (C=O) groups excluding carboxylic acids is 1. The molecule has 0 unspecified atom stereocenters. The highest BCUT2D eigenvalue weighted by atomic mass is 35.5. The van der Waals surface area contributed by atoms with Crippen LogP contribution in [-0.4, -0.2) is 29.4 Å². The molecule has 8 nitrogen and oxygen atoms in total. The Morgan fingerprint density at radius 3 is 2.62 bits per heavy atom. The minimum atomic E-state index is -0.772. The van der Waals surface area contributed by atoms with E-state index in [2.05, 4.69) is 45.5 Å². The van der Waals surface area contributed by atoms with Crippen LogP contribution in [0.4, 0.5) is 10.5 Å². The number of hydroxylamine groups is 1.